The van der Waals surface area contributed by atoms with E-state index in [0.29, 0.717) is 5.56 Å². The van der Waals surface area contributed by atoms with Gasteiger partial charge < -0.3 is 14.6 Å². The number of hydrogen-bond donors (Lipinski definition) is 1. The van der Waals surface area contributed by atoms with Crippen molar-refractivity contribution >= 4 is 11.9 Å². The van der Waals surface area contributed by atoms with E-state index in [1.807, 2.05) is 0 Å². The van der Waals surface area contributed by atoms with Crippen LogP contribution in [0.2, 0.25) is 0 Å². The minimum Gasteiger partial charge on any atom is -0.508 e. The van der Waals surface area contributed by atoms with Gasteiger partial charge in [0.05, 0.1) is 11.8 Å². The quantitative estimate of drug-likeness (QED) is 0.666. The summed E-state index contributed by atoms with van der Waals surface area (Å²) in [5.41, 5.74) is -0.0440. The van der Waals surface area contributed by atoms with E-state index in [1.54, 1.807) is 32.9 Å². The highest BCUT2D eigenvalue weighted by Crippen LogP contribution is 2.15. The van der Waals surface area contributed by atoms with Crippen LogP contribution in [0, 0.1) is 11.8 Å². The fourth-order valence-corrected chi connectivity index (χ4v) is 1.11. The molecule has 0 bridgehead atoms. The summed E-state index contributed by atoms with van der Waals surface area (Å²) in [6, 6.07) is 6.05. The third kappa shape index (κ3) is 5.42. The maximum absolute atomic E-state index is 11.4. The van der Waals surface area contributed by atoms with Crippen LogP contribution in [0.15, 0.2) is 24.3 Å². The Balaban J connectivity index is 2.33. The zero-order chi connectivity index (χ0) is 14.5. The Kier molecular flexibility index (Phi) is 4.92. The molecule has 0 saturated carbocycles. The van der Waals surface area contributed by atoms with Crippen molar-refractivity contribution in [1.29, 1.82) is 0 Å². The molecule has 0 saturated heterocycles. The van der Waals surface area contributed by atoms with E-state index < -0.39 is 24.1 Å². The average Bonchev–Trinajstić information content (AvgIpc) is 2.31. The summed E-state index contributed by atoms with van der Waals surface area (Å²) in [6.45, 7) is 4.71. The Morgan fingerprint density at radius 3 is 2.26 bits per heavy atom. The predicted molar refractivity (Wildman–Crippen MR) is 68.0 cm³/mol. The third-order valence-electron chi connectivity index (χ3n) is 2.18. The zero-order valence-electron chi connectivity index (χ0n) is 11.2. The van der Waals surface area contributed by atoms with Gasteiger partial charge >= 0.3 is 11.9 Å². The van der Waals surface area contributed by atoms with Crippen LogP contribution in [0.5, 0.6) is 5.75 Å². The van der Waals surface area contributed by atoms with E-state index in [2.05, 4.69) is 0 Å². The molecular formula is C14H17O5. The Bertz CT molecular complexity index is 442. The molecule has 1 N–H and O–H groups in total. The molecule has 1 rings (SSSR count). The van der Waals surface area contributed by atoms with Gasteiger partial charge in [0.1, 0.15) is 5.75 Å². The van der Waals surface area contributed by atoms with Crippen molar-refractivity contribution in [3.05, 3.63) is 36.2 Å². The number of carbonyl (C=O) groups excluding carboxylic acids is 2. The summed E-state index contributed by atoms with van der Waals surface area (Å²) >= 11 is 0. The number of esters is 2. The Labute approximate surface area is 112 Å². The first-order chi connectivity index (χ1) is 8.79. The maximum Gasteiger partial charge on any atom is 0.317 e. The van der Waals surface area contributed by atoms with E-state index >= 15 is 0 Å². The standard InChI is InChI=1S/C14H17O5/c1-14(2,3)13(17)19-9-18-12(16)8-10-4-6-11(15)7-5-10/h4-8,15H,9H2,1-3H3. The normalized spacial score (nSPS) is 10.9. The molecule has 0 fully saturated rings. The van der Waals surface area contributed by atoms with Crippen molar-refractivity contribution in [2.45, 2.75) is 20.8 Å². The van der Waals surface area contributed by atoms with Crippen LogP contribution in [0.1, 0.15) is 26.3 Å². The summed E-state index contributed by atoms with van der Waals surface area (Å²) in [5.74, 6) is -0.943. The lowest BCUT2D eigenvalue weighted by Gasteiger charge is -2.16. The van der Waals surface area contributed by atoms with Gasteiger partial charge in [-0.2, -0.15) is 0 Å². The van der Waals surface area contributed by atoms with Gasteiger partial charge in [0, 0.05) is 0 Å². The number of rotatable bonds is 4. The van der Waals surface area contributed by atoms with Gasteiger partial charge in [0.25, 0.3) is 0 Å². The van der Waals surface area contributed by atoms with E-state index in [-0.39, 0.29) is 5.75 Å². The molecule has 0 aliphatic heterocycles. The smallest absolute Gasteiger partial charge is 0.317 e. The summed E-state index contributed by atoms with van der Waals surface area (Å²) in [7, 11) is 0. The number of phenols is 1. The lowest BCUT2D eigenvalue weighted by Crippen LogP contribution is -2.24. The minimum absolute atomic E-state index is 0.115. The van der Waals surface area contributed by atoms with E-state index in [9.17, 15) is 9.59 Å². The highest BCUT2D eigenvalue weighted by atomic mass is 16.7. The van der Waals surface area contributed by atoms with Gasteiger partial charge in [-0.3, -0.25) is 9.59 Å². The van der Waals surface area contributed by atoms with Gasteiger partial charge in [0.15, 0.2) is 0 Å². The largest absolute Gasteiger partial charge is 0.508 e. The number of phenolic OH excluding ortho intramolecular Hbond substituents is 1. The first-order valence-electron chi connectivity index (χ1n) is 5.77. The fourth-order valence-electron chi connectivity index (χ4n) is 1.11. The minimum atomic E-state index is -0.632. The maximum atomic E-state index is 11.4. The molecule has 0 unspecified atom stereocenters. The molecule has 1 aromatic rings. The molecule has 0 aromatic heterocycles. The summed E-state index contributed by atoms with van der Waals surface area (Å²) in [4.78, 5) is 22.8. The molecule has 5 heteroatoms. The van der Waals surface area contributed by atoms with Crippen LogP contribution in [0.3, 0.4) is 0 Å². The highest BCUT2D eigenvalue weighted by molar-refractivity contribution is 5.83. The number of hydrogen-bond acceptors (Lipinski definition) is 5. The number of benzene rings is 1. The van der Waals surface area contributed by atoms with Gasteiger partial charge in [-0.25, -0.2) is 0 Å². The third-order valence-corrected chi connectivity index (χ3v) is 2.18. The summed E-state index contributed by atoms with van der Waals surface area (Å²) in [6.07, 6.45) is 1.24. The first kappa shape index (κ1) is 15.0. The first-order valence-corrected chi connectivity index (χ1v) is 5.77. The molecular weight excluding hydrogens is 248 g/mol. The van der Waals surface area contributed by atoms with Crippen LogP contribution in [-0.4, -0.2) is 23.8 Å². The second-order valence-electron chi connectivity index (χ2n) is 5.00. The second-order valence-corrected chi connectivity index (χ2v) is 5.00. The summed E-state index contributed by atoms with van der Waals surface area (Å²) in [5, 5.41) is 9.08. The molecule has 103 valence electrons. The predicted octanol–water partition coefficient (Wildman–Crippen LogP) is 2.03. The Morgan fingerprint density at radius 1 is 1.16 bits per heavy atom. The van der Waals surface area contributed by atoms with Gasteiger partial charge in [0.2, 0.25) is 6.79 Å². The molecule has 0 heterocycles. The fraction of sp³-hybridized carbons (Fsp3) is 0.357. The topological polar surface area (TPSA) is 72.8 Å². The molecule has 0 aliphatic rings. The molecule has 19 heavy (non-hydrogen) atoms. The van der Waals surface area contributed by atoms with Crippen molar-refractivity contribution in [2.75, 3.05) is 6.79 Å². The SMILES string of the molecule is CC(C)(C)C(=O)OCOC(=O)[CH]c1ccc(O)cc1. The van der Waals surface area contributed by atoms with Crippen molar-refractivity contribution in [3.8, 4) is 5.75 Å². The van der Waals surface area contributed by atoms with Crippen LogP contribution >= 0.6 is 0 Å². The van der Waals surface area contributed by atoms with Crippen LogP contribution in [0.25, 0.3) is 0 Å². The monoisotopic (exact) mass is 265 g/mol. The number of carbonyl (C=O) groups is 2. The van der Waals surface area contributed by atoms with Gasteiger partial charge in [-0.05, 0) is 38.5 Å². The van der Waals surface area contributed by atoms with Crippen molar-refractivity contribution in [1.82, 2.24) is 0 Å². The van der Waals surface area contributed by atoms with E-state index in [4.69, 9.17) is 14.6 Å². The molecule has 5 nitrogen and oxygen atoms in total. The van der Waals surface area contributed by atoms with Crippen molar-refractivity contribution in [3.63, 3.8) is 0 Å². The second kappa shape index (κ2) is 6.22. The highest BCUT2D eigenvalue weighted by Gasteiger charge is 2.23. The van der Waals surface area contributed by atoms with Gasteiger partial charge in [-0.1, -0.05) is 12.1 Å². The Morgan fingerprint density at radius 2 is 1.74 bits per heavy atom. The van der Waals surface area contributed by atoms with Crippen LogP contribution < -0.4 is 0 Å². The van der Waals surface area contributed by atoms with Crippen molar-refractivity contribution < 1.29 is 24.2 Å². The van der Waals surface area contributed by atoms with Crippen molar-refractivity contribution in [2.24, 2.45) is 5.41 Å². The number of ether oxygens (including phenoxy) is 2. The molecule has 0 amide bonds. The van der Waals surface area contributed by atoms with Crippen LogP contribution in [-0.2, 0) is 19.1 Å². The molecule has 0 atom stereocenters. The van der Waals surface area contributed by atoms with E-state index in [1.165, 1.54) is 18.6 Å². The van der Waals surface area contributed by atoms with Crippen LogP contribution in [0.4, 0.5) is 0 Å². The molecule has 0 aliphatic carbocycles. The summed E-state index contributed by atoms with van der Waals surface area (Å²) < 4.78 is 9.53. The molecule has 1 radical (unpaired) electrons. The Hall–Kier alpha value is -2.04. The lowest BCUT2D eigenvalue weighted by molar-refractivity contribution is -0.171. The molecule has 1 aromatic carbocycles. The van der Waals surface area contributed by atoms with Gasteiger partial charge in [-0.15, -0.1) is 0 Å². The molecule has 0 spiro atoms. The average molecular weight is 265 g/mol. The zero-order valence-corrected chi connectivity index (χ0v) is 11.2. The number of aromatic hydroxyl groups is 1. The lowest BCUT2D eigenvalue weighted by atomic mass is 9.98. The van der Waals surface area contributed by atoms with E-state index in [0.717, 1.165) is 0 Å².